The maximum Gasteiger partial charge on any atom is 0.213 e. The van der Waals surface area contributed by atoms with Gasteiger partial charge in [-0.2, -0.15) is 0 Å². The van der Waals surface area contributed by atoms with Gasteiger partial charge in [0.25, 0.3) is 0 Å². The van der Waals surface area contributed by atoms with Crippen molar-refractivity contribution in [3.05, 3.63) is 0 Å². The molecule has 0 spiro atoms. The average molecular weight is 117 g/mol. The van der Waals surface area contributed by atoms with Crippen molar-refractivity contribution in [3.8, 4) is 0 Å². The van der Waals surface area contributed by atoms with E-state index in [0.29, 0.717) is 6.61 Å². The summed E-state index contributed by atoms with van der Waals surface area (Å²) in [5.41, 5.74) is 5.32. The molecule has 8 heavy (non-hydrogen) atoms. The summed E-state index contributed by atoms with van der Waals surface area (Å²) < 4.78 is 14.8. The monoisotopic (exact) mass is 117 g/mol. The minimum absolute atomic E-state index is 0.116. The molecule has 0 amide bonds. The zero-order chi connectivity index (χ0) is 5.56. The second-order valence-electron chi connectivity index (χ2n) is 1.88. The fraction of sp³-hybridized carbons (Fsp3) is 1.00. The van der Waals surface area contributed by atoms with E-state index < -0.39 is 0 Å². The highest BCUT2D eigenvalue weighted by atomic mass is 16.9. The van der Waals surface area contributed by atoms with E-state index in [4.69, 9.17) is 19.9 Å². The molecule has 3 unspecified atom stereocenters. The Labute approximate surface area is 46.5 Å². The first-order chi connectivity index (χ1) is 3.86. The molecule has 46 valence electrons. The van der Waals surface area contributed by atoms with Crippen LogP contribution in [0.2, 0.25) is 0 Å². The third-order valence-electron chi connectivity index (χ3n) is 1.15. The lowest BCUT2D eigenvalue weighted by Crippen LogP contribution is -2.35. The minimum atomic E-state index is -0.293. The summed E-state index contributed by atoms with van der Waals surface area (Å²) in [6.45, 7) is 0.446. The summed E-state index contributed by atoms with van der Waals surface area (Å²) in [4.78, 5) is 0. The lowest BCUT2D eigenvalue weighted by atomic mass is 10.6. The Kier molecular flexibility index (Phi) is 0.830. The number of epoxide rings is 1. The zero-order valence-corrected chi connectivity index (χ0v) is 4.24. The highest BCUT2D eigenvalue weighted by Gasteiger charge is 2.46. The van der Waals surface area contributed by atoms with E-state index in [2.05, 4.69) is 0 Å². The average Bonchev–Trinajstić information content (AvgIpc) is 2.43. The van der Waals surface area contributed by atoms with Gasteiger partial charge in [-0.05, 0) is 0 Å². The molecule has 2 heterocycles. The zero-order valence-electron chi connectivity index (χ0n) is 4.24. The van der Waals surface area contributed by atoms with E-state index in [1.165, 1.54) is 0 Å². The molecule has 2 fully saturated rings. The van der Waals surface area contributed by atoms with Crippen LogP contribution in [-0.2, 0) is 14.2 Å². The summed E-state index contributed by atoms with van der Waals surface area (Å²) in [7, 11) is 0. The molecule has 2 N–H and O–H groups in total. The van der Waals surface area contributed by atoms with E-state index in [0.717, 1.165) is 0 Å². The van der Waals surface area contributed by atoms with Gasteiger partial charge in [0.05, 0.1) is 6.61 Å². The summed E-state index contributed by atoms with van der Waals surface area (Å²) in [5, 5.41) is 0. The van der Waals surface area contributed by atoms with Gasteiger partial charge >= 0.3 is 0 Å². The van der Waals surface area contributed by atoms with Crippen molar-refractivity contribution in [2.75, 3.05) is 6.61 Å². The molecular formula is C4H7NO3. The van der Waals surface area contributed by atoms with Gasteiger partial charge in [0.2, 0.25) is 12.6 Å². The maximum absolute atomic E-state index is 5.32. The van der Waals surface area contributed by atoms with Gasteiger partial charge in [-0.25, -0.2) is 0 Å². The number of hydrogen-bond acceptors (Lipinski definition) is 4. The van der Waals surface area contributed by atoms with Crippen molar-refractivity contribution in [3.63, 3.8) is 0 Å². The van der Waals surface area contributed by atoms with Crippen molar-refractivity contribution < 1.29 is 14.2 Å². The quantitative estimate of drug-likeness (QED) is 0.413. The van der Waals surface area contributed by atoms with Crippen LogP contribution in [0.5, 0.6) is 0 Å². The van der Waals surface area contributed by atoms with Crippen LogP contribution in [0.15, 0.2) is 0 Å². The molecule has 0 saturated carbocycles. The molecule has 4 heteroatoms. The van der Waals surface area contributed by atoms with Gasteiger partial charge in [0.15, 0.2) is 0 Å². The lowest BCUT2D eigenvalue weighted by molar-refractivity contribution is -0.0894. The topological polar surface area (TPSA) is 57.0 Å². The first-order valence-electron chi connectivity index (χ1n) is 2.54. The van der Waals surface area contributed by atoms with Gasteiger partial charge in [-0.1, -0.05) is 0 Å². The van der Waals surface area contributed by atoms with Gasteiger partial charge in [-0.3, -0.25) is 0 Å². The van der Waals surface area contributed by atoms with Crippen molar-refractivity contribution in [1.29, 1.82) is 0 Å². The molecule has 2 aliphatic rings. The molecule has 0 aromatic carbocycles. The van der Waals surface area contributed by atoms with E-state index in [1.54, 1.807) is 0 Å². The van der Waals surface area contributed by atoms with E-state index in [-0.39, 0.29) is 18.8 Å². The predicted molar refractivity (Wildman–Crippen MR) is 23.7 cm³/mol. The van der Waals surface area contributed by atoms with E-state index in [9.17, 15) is 0 Å². The predicted octanol–water partition coefficient (Wildman–Crippen LogP) is -1.000. The molecule has 3 atom stereocenters. The Morgan fingerprint density at radius 3 is 2.75 bits per heavy atom. The van der Waals surface area contributed by atoms with Crippen molar-refractivity contribution >= 4 is 0 Å². The van der Waals surface area contributed by atoms with Crippen LogP contribution in [-0.4, -0.2) is 25.4 Å². The number of nitrogens with two attached hydrogens (primary N) is 1. The highest BCUT2D eigenvalue weighted by Crippen LogP contribution is 2.28. The number of hydrogen-bond donors (Lipinski definition) is 1. The molecule has 0 aromatic rings. The second kappa shape index (κ2) is 1.41. The largest absolute Gasteiger partial charge is 0.344 e. The third-order valence-corrected chi connectivity index (χ3v) is 1.15. The smallest absolute Gasteiger partial charge is 0.213 e. The van der Waals surface area contributed by atoms with Gasteiger partial charge in [0, 0.05) is 0 Å². The van der Waals surface area contributed by atoms with Crippen LogP contribution >= 0.6 is 0 Å². The van der Waals surface area contributed by atoms with Gasteiger partial charge in [0.1, 0.15) is 6.23 Å². The minimum Gasteiger partial charge on any atom is -0.344 e. The highest BCUT2D eigenvalue weighted by molar-refractivity contribution is 4.72. The van der Waals surface area contributed by atoms with E-state index in [1.807, 2.05) is 0 Å². The van der Waals surface area contributed by atoms with Crippen LogP contribution in [0.4, 0.5) is 0 Å². The summed E-state index contributed by atoms with van der Waals surface area (Å²) >= 11 is 0. The molecule has 4 nitrogen and oxygen atoms in total. The fourth-order valence-corrected chi connectivity index (χ4v) is 0.702. The van der Waals surface area contributed by atoms with Crippen molar-refractivity contribution in [1.82, 2.24) is 0 Å². The molecular weight excluding hydrogens is 110 g/mol. The Balaban J connectivity index is 1.93. The molecule has 0 bridgehead atoms. The molecule has 0 aliphatic carbocycles. The Morgan fingerprint density at radius 2 is 2.12 bits per heavy atom. The summed E-state index contributed by atoms with van der Waals surface area (Å²) in [6, 6.07) is 0. The third kappa shape index (κ3) is 0.621. The first-order valence-corrected chi connectivity index (χ1v) is 2.54. The van der Waals surface area contributed by atoms with Gasteiger partial charge < -0.3 is 19.9 Å². The standard InChI is InChI=1S/C4H7NO3/c5-2-1-6-3-4(7-2)8-3/h2-4H,1,5H2. The summed E-state index contributed by atoms with van der Waals surface area (Å²) in [6.07, 6.45) is -0.577. The SMILES string of the molecule is NC1COC2OC2O1. The number of rotatable bonds is 0. The Bertz CT molecular complexity index is 107. The van der Waals surface area contributed by atoms with Crippen LogP contribution in [0.1, 0.15) is 0 Å². The molecule has 0 aromatic heterocycles. The molecule has 2 saturated heterocycles. The maximum atomic E-state index is 5.32. The first kappa shape index (κ1) is 4.69. The molecule has 2 rings (SSSR count). The van der Waals surface area contributed by atoms with Crippen LogP contribution < -0.4 is 5.73 Å². The van der Waals surface area contributed by atoms with Crippen molar-refractivity contribution in [2.45, 2.75) is 18.8 Å². The van der Waals surface area contributed by atoms with Crippen molar-refractivity contribution in [2.24, 2.45) is 5.73 Å². The Morgan fingerprint density at radius 1 is 1.25 bits per heavy atom. The second-order valence-corrected chi connectivity index (χ2v) is 1.88. The fourth-order valence-electron chi connectivity index (χ4n) is 0.702. The molecule has 0 radical (unpaired) electrons. The summed E-state index contributed by atoms with van der Waals surface area (Å²) in [5.74, 6) is 0. The van der Waals surface area contributed by atoms with Crippen LogP contribution in [0.25, 0.3) is 0 Å². The number of ether oxygens (including phenoxy) is 3. The number of fused-ring (bicyclic) bond motifs is 1. The van der Waals surface area contributed by atoms with Crippen LogP contribution in [0, 0.1) is 0 Å². The normalized spacial score (nSPS) is 52.9. The van der Waals surface area contributed by atoms with E-state index >= 15 is 0 Å². The Hall–Kier alpha value is -0.160. The van der Waals surface area contributed by atoms with Crippen LogP contribution in [0.3, 0.4) is 0 Å². The molecule has 2 aliphatic heterocycles. The lowest BCUT2D eigenvalue weighted by Gasteiger charge is -2.13. The van der Waals surface area contributed by atoms with Gasteiger partial charge in [-0.15, -0.1) is 0 Å².